The highest BCUT2D eigenvalue weighted by atomic mass is 16.5. The Kier molecular flexibility index (Phi) is 3.19. The number of ether oxygens (including phenoxy) is 1. The summed E-state index contributed by atoms with van der Waals surface area (Å²) in [5, 5.41) is 9.01. The van der Waals surface area contributed by atoms with Gasteiger partial charge in [0.1, 0.15) is 5.75 Å². The van der Waals surface area contributed by atoms with E-state index in [9.17, 15) is 4.79 Å². The minimum atomic E-state index is -0.970. The van der Waals surface area contributed by atoms with E-state index in [1.54, 1.807) is 31.4 Å². The summed E-state index contributed by atoms with van der Waals surface area (Å²) in [6.45, 7) is 0. The summed E-state index contributed by atoms with van der Waals surface area (Å²) in [5.74, 6) is -0.353. The second-order valence-corrected chi connectivity index (χ2v) is 3.85. The highest BCUT2D eigenvalue weighted by molar-refractivity contribution is 5.90. The predicted molar refractivity (Wildman–Crippen MR) is 69.8 cm³/mol. The lowest BCUT2D eigenvalue weighted by atomic mass is 10.0. The molecule has 92 valence electrons. The largest absolute Gasteiger partial charge is 0.496 e. The molecule has 0 atom stereocenters. The second-order valence-electron chi connectivity index (χ2n) is 3.85. The van der Waals surface area contributed by atoms with E-state index in [0.717, 1.165) is 5.56 Å². The zero-order chi connectivity index (χ0) is 13.1. The summed E-state index contributed by atoms with van der Waals surface area (Å²) in [5.41, 5.74) is 8.11. The lowest BCUT2D eigenvalue weighted by molar-refractivity contribution is 0.0697. The lowest BCUT2D eigenvalue weighted by Crippen LogP contribution is -1.98. The SMILES string of the molecule is COc1ccc(C(=O)O)cc1-c1cccc(N)c1. The van der Waals surface area contributed by atoms with Crippen LogP contribution in [-0.2, 0) is 0 Å². The van der Waals surface area contributed by atoms with Crippen LogP contribution in [0.25, 0.3) is 11.1 Å². The number of carboxylic acids is 1. The van der Waals surface area contributed by atoms with Crippen LogP contribution in [0, 0.1) is 0 Å². The molecule has 0 saturated heterocycles. The van der Waals surface area contributed by atoms with E-state index in [0.29, 0.717) is 17.0 Å². The molecule has 2 rings (SSSR count). The molecular weight excluding hydrogens is 230 g/mol. The zero-order valence-corrected chi connectivity index (χ0v) is 9.88. The van der Waals surface area contributed by atoms with E-state index in [-0.39, 0.29) is 5.56 Å². The molecule has 18 heavy (non-hydrogen) atoms. The summed E-state index contributed by atoms with van der Waals surface area (Å²) in [6.07, 6.45) is 0. The number of nitrogen functional groups attached to an aromatic ring is 1. The maximum atomic E-state index is 11.0. The van der Waals surface area contributed by atoms with Crippen molar-refractivity contribution in [3.8, 4) is 16.9 Å². The van der Waals surface area contributed by atoms with Crippen LogP contribution in [0.15, 0.2) is 42.5 Å². The molecule has 0 aliphatic rings. The van der Waals surface area contributed by atoms with Gasteiger partial charge in [-0.15, -0.1) is 0 Å². The van der Waals surface area contributed by atoms with Crippen LogP contribution in [-0.4, -0.2) is 18.2 Å². The number of anilines is 1. The molecule has 0 aliphatic carbocycles. The maximum Gasteiger partial charge on any atom is 0.335 e. The zero-order valence-electron chi connectivity index (χ0n) is 9.88. The van der Waals surface area contributed by atoms with Crippen LogP contribution >= 0.6 is 0 Å². The second kappa shape index (κ2) is 4.79. The predicted octanol–water partition coefficient (Wildman–Crippen LogP) is 2.64. The monoisotopic (exact) mass is 243 g/mol. The van der Waals surface area contributed by atoms with Crippen molar-refractivity contribution in [3.05, 3.63) is 48.0 Å². The van der Waals surface area contributed by atoms with Gasteiger partial charge in [0.15, 0.2) is 0 Å². The Balaban J connectivity index is 2.60. The summed E-state index contributed by atoms with van der Waals surface area (Å²) in [6, 6.07) is 12.0. The molecule has 0 fully saturated rings. The van der Waals surface area contributed by atoms with E-state index in [4.69, 9.17) is 15.6 Å². The van der Waals surface area contributed by atoms with E-state index >= 15 is 0 Å². The molecule has 0 radical (unpaired) electrons. The van der Waals surface area contributed by atoms with Gasteiger partial charge in [-0.3, -0.25) is 0 Å². The van der Waals surface area contributed by atoms with Crippen LogP contribution in [0.5, 0.6) is 5.75 Å². The molecule has 0 aromatic heterocycles. The third-order valence-corrected chi connectivity index (χ3v) is 2.64. The Morgan fingerprint density at radius 3 is 2.61 bits per heavy atom. The van der Waals surface area contributed by atoms with Crippen LogP contribution in [0.3, 0.4) is 0 Å². The first-order valence-electron chi connectivity index (χ1n) is 5.39. The van der Waals surface area contributed by atoms with Gasteiger partial charge in [0.25, 0.3) is 0 Å². The van der Waals surface area contributed by atoms with Crippen molar-refractivity contribution in [1.29, 1.82) is 0 Å². The van der Waals surface area contributed by atoms with E-state index in [1.807, 2.05) is 12.1 Å². The van der Waals surface area contributed by atoms with Crippen LogP contribution < -0.4 is 10.5 Å². The fourth-order valence-electron chi connectivity index (χ4n) is 1.77. The molecule has 0 spiro atoms. The third-order valence-electron chi connectivity index (χ3n) is 2.64. The van der Waals surface area contributed by atoms with Crippen LogP contribution in [0.4, 0.5) is 5.69 Å². The van der Waals surface area contributed by atoms with Gasteiger partial charge in [-0.1, -0.05) is 12.1 Å². The number of benzene rings is 2. The lowest BCUT2D eigenvalue weighted by Gasteiger charge is -2.10. The van der Waals surface area contributed by atoms with Gasteiger partial charge in [-0.2, -0.15) is 0 Å². The van der Waals surface area contributed by atoms with Crippen molar-refractivity contribution < 1.29 is 14.6 Å². The first kappa shape index (κ1) is 12.0. The van der Waals surface area contributed by atoms with Crippen molar-refractivity contribution in [2.45, 2.75) is 0 Å². The van der Waals surface area contributed by atoms with Crippen molar-refractivity contribution in [2.24, 2.45) is 0 Å². The molecule has 0 unspecified atom stereocenters. The van der Waals surface area contributed by atoms with Crippen molar-refractivity contribution in [1.82, 2.24) is 0 Å². The normalized spacial score (nSPS) is 10.1. The molecule has 0 saturated carbocycles. The fourth-order valence-corrected chi connectivity index (χ4v) is 1.77. The number of methoxy groups -OCH3 is 1. The minimum absolute atomic E-state index is 0.216. The smallest absolute Gasteiger partial charge is 0.335 e. The van der Waals surface area contributed by atoms with E-state index < -0.39 is 5.97 Å². The first-order valence-corrected chi connectivity index (χ1v) is 5.39. The quantitative estimate of drug-likeness (QED) is 0.813. The van der Waals surface area contributed by atoms with E-state index in [2.05, 4.69) is 0 Å². The number of aromatic carboxylic acids is 1. The molecule has 4 nitrogen and oxygen atoms in total. The van der Waals surface area contributed by atoms with Gasteiger partial charge in [0.2, 0.25) is 0 Å². The highest BCUT2D eigenvalue weighted by Crippen LogP contribution is 2.31. The fraction of sp³-hybridized carbons (Fsp3) is 0.0714. The Labute approximate surface area is 105 Å². The van der Waals surface area contributed by atoms with Crippen LogP contribution in [0.1, 0.15) is 10.4 Å². The molecule has 2 aromatic rings. The average molecular weight is 243 g/mol. The Morgan fingerprint density at radius 1 is 1.22 bits per heavy atom. The number of carboxylic acid groups (broad SMARTS) is 1. The number of hydrogen-bond acceptors (Lipinski definition) is 3. The molecule has 4 heteroatoms. The minimum Gasteiger partial charge on any atom is -0.496 e. The molecule has 3 N–H and O–H groups in total. The average Bonchev–Trinajstić information content (AvgIpc) is 2.38. The van der Waals surface area contributed by atoms with Gasteiger partial charge in [-0.25, -0.2) is 4.79 Å². The summed E-state index contributed by atoms with van der Waals surface area (Å²) < 4.78 is 5.24. The summed E-state index contributed by atoms with van der Waals surface area (Å²) in [4.78, 5) is 11.0. The van der Waals surface area contributed by atoms with Crippen LogP contribution in [0.2, 0.25) is 0 Å². The molecule has 0 bridgehead atoms. The molecule has 0 amide bonds. The van der Waals surface area contributed by atoms with Gasteiger partial charge < -0.3 is 15.6 Å². The Morgan fingerprint density at radius 2 is 2.00 bits per heavy atom. The molecule has 2 aromatic carbocycles. The van der Waals surface area contributed by atoms with Crippen molar-refractivity contribution in [3.63, 3.8) is 0 Å². The standard InChI is InChI=1S/C14H13NO3/c1-18-13-6-5-10(14(16)17)8-12(13)9-3-2-4-11(15)7-9/h2-8H,15H2,1H3,(H,16,17). The van der Waals surface area contributed by atoms with Gasteiger partial charge in [-0.05, 0) is 35.9 Å². The highest BCUT2D eigenvalue weighted by Gasteiger charge is 2.10. The Bertz CT molecular complexity index is 593. The van der Waals surface area contributed by atoms with Gasteiger partial charge in [0.05, 0.1) is 12.7 Å². The number of nitrogens with two attached hydrogens (primary N) is 1. The van der Waals surface area contributed by atoms with Gasteiger partial charge >= 0.3 is 5.97 Å². The Hall–Kier alpha value is -2.49. The van der Waals surface area contributed by atoms with Crippen molar-refractivity contribution in [2.75, 3.05) is 12.8 Å². The van der Waals surface area contributed by atoms with Crippen molar-refractivity contribution >= 4 is 11.7 Å². The third kappa shape index (κ3) is 2.27. The molecule has 0 aliphatic heterocycles. The topological polar surface area (TPSA) is 72.5 Å². The van der Waals surface area contributed by atoms with Gasteiger partial charge in [0, 0.05) is 11.3 Å². The number of hydrogen-bond donors (Lipinski definition) is 2. The number of rotatable bonds is 3. The number of carbonyl (C=O) groups is 1. The maximum absolute atomic E-state index is 11.0. The molecule has 0 heterocycles. The summed E-state index contributed by atoms with van der Waals surface area (Å²) in [7, 11) is 1.55. The first-order chi connectivity index (χ1) is 8.61. The summed E-state index contributed by atoms with van der Waals surface area (Å²) >= 11 is 0. The van der Waals surface area contributed by atoms with E-state index in [1.165, 1.54) is 6.07 Å². The molecular formula is C14H13NO3.